The van der Waals surface area contributed by atoms with Crippen LogP contribution in [0.3, 0.4) is 0 Å². The number of hydrogen-bond donors (Lipinski definition) is 1. The highest BCUT2D eigenvalue weighted by atomic mass is 19.1. The van der Waals surface area contributed by atoms with E-state index in [1.807, 2.05) is 0 Å². The largest absolute Gasteiger partial charge is 0.422 e. The Morgan fingerprint density at radius 1 is 1.18 bits per heavy atom. The van der Waals surface area contributed by atoms with Gasteiger partial charge in [-0.15, -0.1) is 0 Å². The molecule has 0 amide bonds. The number of aromatic nitrogens is 3. The third kappa shape index (κ3) is 2.91. The van der Waals surface area contributed by atoms with E-state index in [1.165, 1.54) is 12.1 Å². The van der Waals surface area contributed by atoms with E-state index in [-0.39, 0.29) is 16.5 Å². The van der Waals surface area contributed by atoms with Gasteiger partial charge in [0, 0.05) is 50.0 Å². The number of benzene rings is 1. The second kappa shape index (κ2) is 6.72. The van der Waals surface area contributed by atoms with Crippen LogP contribution in [-0.4, -0.2) is 40.5 Å². The van der Waals surface area contributed by atoms with Gasteiger partial charge in [0.05, 0.1) is 16.6 Å². The summed E-state index contributed by atoms with van der Waals surface area (Å²) < 4.78 is 22.1. The first-order valence-corrected chi connectivity index (χ1v) is 9.22. The lowest BCUT2D eigenvalue weighted by atomic mass is 10.1. The van der Waals surface area contributed by atoms with Gasteiger partial charge >= 0.3 is 5.63 Å². The fourth-order valence-corrected chi connectivity index (χ4v) is 3.59. The molecule has 142 valence electrons. The van der Waals surface area contributed by atoms with Crippen LogP contribution in [0.2, 0.25) is 0 Å². The average molecular weight is 379 g/mol. The molecule has 4 heterocycles. The third-order valence-corrected chi connectivity index (χ3v) is 5.00. The molecule has 1 fully saturated rings. The van der Waals surface area contributed by atoms with E-state index in [9.17, 15) is 9.18 Å². The number of rotatable bonds is 2. The SMILES string of the molecule is O=c1oc2cc(N3CCCNCC3)cc(F)c2cc1-c1cn2cccnc2n1. The van der Waals surface area contributed by atoms with Crippen molar-refractivity contribution in [2.24, 2.45) is 0 Å². The van der Waals surface area contributed by atoms with E-state index in [0.29, 0.717) is 11.5 Å². The summed E-state index contributed by atoms with van der Waals surface area (Å²) in [6, 6.07) is 6.51. The van der Waals surface area contributed by atoms with Gasteiger partial charge < -0.3 is 14.6 Å². The van der Waals surface area contributed by atoms with Gasteiger partial charge in [-0.05, 0) is 31.2 Å². The van der Waals surface area contributed by atoms with Crippen LogP contribution < -0.4 is 15.8 Å². The molecule has 0 saturated carbocycles. The van der Waals surface area contributed by atoms with Gasteiger partial charge in [0.1, 0.15) is 11.4 Å². The van der Waals surface area contributed by atoms with Gasteiger partial charge in [0.15, 0.2) is 0 Å². The predicted octanol–water partition coefficient (Wildman–Crippen LogP) is 2.44. The second-order valence-corrected chi connectivity index (χ2v) is 6.83. The zero-order chi connectivity index (χ0) is 19.1. The number of fused-ring (bicyclic) bond motifs is 2. The Morgan fingerprint density at radius 3 is 3.00 bits per heavy atom. The molecule has 8 heteroatoms. The standard InChI is InChI=1S/C20H18FN5O2/c21-16-9-13(25-6-1-3-22-5-8-25)10-18-14(16)11-15(19(27)28-18)17-12-26-7-2-4-23-20(26)24-17/h2,4,7,9-12,22H,1,3,5-6,8H2. The molecule has 1 aromatic carbocycles. The minimum atomic E-state index is -0.551. The normalized spacial score (nSPS) is 15.2. The molecule has 1 saturated heterocycles. The molecule has 28 heavy (non-hydrogen) atoms. The van der Waals surface area contributed by atoms with E-state index >= 15 is 0 Å². The Labute approximate surface area is 159 Å². The van der Waals surface area contributed by atoms with E-state index in [2.05, 4.69) is 20.2 Å². The average Bonchev–Trinajstić information content (AvgIpc) is 2.93. The summed E-state index contributed by atoms with van der Waals surface area (Å²) in [5.74, 6) is 0.0409. The Bertz CT molecular complexity index is 1190. The maximum atomic E-state index is 14.9. The topological polar surface area (TPSA) is 75.7 Å². The molecule has 0 unspecified atom stereocenters. The van der Waals surface area contributed by atoms with Crippen LogP contribution in [0.25, 0.3) is 28.0 Å². The zero-order valence-corrected chi connectivity index (χ0v) is 15.1. The van der Waals surface area contributed by atoms with Crippen molar-refractivity contribution in [2.45, 2.75) is 6.42 Å². The lowest BCUT2D eigenvalue weighted by molar-refractivity contribution is 0.557. The van der Waals surface area contributed by atoms with Gasteiger partial charge in [0.25, 0.3) is 0 Å². The van der Waals surface area contributed by atoms with Crippen molar-refractivity contribution in [1.29, 1.82) is 0 Å². The molecule has 0 bridgehead atoms. The number of hydrogen-bond acceptors (Lipinski definition) is 6. The summed E-state index contributed by atoms with van der Waals surface area (Å²) in [5.41, 5.74) is 1.02. The molecule has 4 aromatic rings. The zero-order valence-electron chi connectivity index (χ0n) is 15.1. The van der Waals surface area contributed by atoms with E-state index in [0.717, 1.165) is 38.3 Å². The Balaban J connectivity index is 1.61. The number of halogens is 1. The first-order chi connectivity index (χ1) is 13.7. The predicted molar refractivity (Wildman–Crippen MR) is 104 cm³/mol. The van der Waals surface area contributed by atoms with E-state index < -0.39 is 11.4 Å². The van der Waals surface area contributed by atoms with Crippen LogP contribution in [0.15, 0.2) is 52.1 Å². The lowest BCUT2D eigenvalue weighted by Gasteiger charge is -2.22. The van der Waals surface area contributed by atoms with Crippen molar-refractivity contribution >= 4 is 22.4 Å². The van der Waals surface area contributed by atoms with Gasteiger partial charge in [-0.3, -0.25) is 4.40 Å². The molecule has 0 radical (unpaired) electrons. The molecular formula is C20H18FN5O2. The molecule has 3 aromatic heterocycles. The summed E-state index contributed by atoms with van der Waals surface area (Å²) in [4.78, 5) is 23.2. The van der Waals surface area contributed by atoms with Crippen LogP contribution in [0.4, 0.5) is 10.1 Å². The molecule has 7 nitrogen and oxygen atoms in total. The minimum Gasteiger partial charge on any atom is -0.422 e. The number of nitrogens with one attached hydrogen (secondary N) is 1. The van der Waals surface area contributed by atoms with Gasteiger partial charge in [-0.2, -0.15) is 0 Å². The quantitative estimate of drug-likeness (QED) is 0.539. The summed E-state index contributed by atoms with van der Waals surface area (Å²) in [6.07, 6.45) is 6.06. The van der Waals surface area contributed by atoms with Crippen LogP contribution in [0, 0.1) is 5.82 Å². The molecular weight excluding hydrogens is 361 g/mol. The minimum absolute atomic E-state index is 0.212. The van der Waals surface area contributed by atoms with E-state index in [4.69, 9.17) is 4.42 Å². The van der Waals surface area contributed by atoms with Crippen molar-refractivity contribution < 1.29 is 8.81 Å². The summed E-state index contributed by atoms with van der Waals surface area (Å²) in [5, 5.41) is 3.58. The van der Waals surface area contributed by atoms with Gasteiger partial charge in [-0.1, -0.05) is 0 Å². The lowest BCUT2D eigenvalue weighted by Crippen LogP contribution is -2.27. The van der Waals surface area contributed by atoms with Crippen molar-refractivity contribution in [3.63, 3.8) is 0 Å². The molecule has 0 spiro atoms. The first-order valence-electron chi connectivity index (χ1n) is 9.22. The highest BCUT2D eigenvalue weighted by Gasteiger charge is 2.17. The molecule has 5 rings (SSSR count). The molecule has 1 N–H and O–H groups in total. The fourth-order valence-electron chi connectivity index (χ4n) is 3.59. The van der Waals surface area contributed by atoms with Crippen molar-refractivity contribution in [3.8, 4) is 11.3 Å². The highest BCUT2D eigenvalue weighted by molar-refractivity contribution is 5.85. The van der Waals surface area contributed by atoms with E-state index in [1.54, 1.807) is 35.1 Å². The summed E-state index contributed by atoms with van der Waals surface area (Å²) in [7, 11) is 0. The molecule has 1 aliphatic heterocycles. The van der Waals surface area contributed by atoms with Crippen LogP contribution >= 0.6 is 0 Å². The fraction of sp³-hybridized carbons (Fsp3) is 0.250. The Kier molecular flexibility index (Phi) is 4.05. The smallest absolute Gasteiger partial charge is 0.345 e. The third-order valence-electron chi connectivity index (χ3n) is 5.00. The van der Waals surface area contributed by atoms with Gasteiger partial charge in [-0.25, -0.2) is 19.2 Å². The monoisotopic (exact) mass is 379 g/mol. The molecule has 0 atom stereocenters. The van der Waals surface area contributed by atoms with Crippen molar-refractivity contribution in [3.05, 3.63) is 59.1 Å². The summed E-state index contributed by atoms with van der Waals surface area (Å²) >= 11 is 0. The number of imidazole rings is 1. The second-order valence-electron chi connectivity index (χ2n) is 6.83. The number of nitrogens with zero attached hydrogens (tertiary/aromatic N) is 4. The maximum absolute atomic E-state index is 14.9. The summed E-state index contributed by atoms with van der Waals surface area (Å²) in [6.45, 7) is 3.39. The highest BCUT2D eigenvalue weighted by Crippen LogP contribution is 2.28. The first kappa shape index (κ1) is 16.9. The van der Waals surface area contributed by atoms with Gasteiger partial charge in [0.2, 0.25) is 5.78 Å². The maximum Gasteiger partial charge on any atom is 0.345 e. The number of anilines is 1. The Hall–Kier alpha value is -3.26. The van der Waals surface area contributed by atoms with Crippen LogP contribution in [-0.2, 0) is 0 Å². The van der Waals surface area contributed by atoms with Crippen molar-refractivity contribution in [2.75, 3.05) is 31.1 Å². The molecule has 0 aliphatic carbocycles. The van der Waals surface area contributed by atoms with Crippen LogP contribution in [0.1, 0.15) is 6.42 Å². The van der Waals surface area contributed by atoms with Crippen LogP contribution in [0.5, 0.6) is 0 Å². The van der Waals surface area contributed by atoms with Crippen molar-refractivity contribution in [1.82, 2.24) is 19.7 Å². The molecule has 1 aliphatic rings. The Morgan fingerprint density at radius 2 is 2.11 bits per heavy atom.